The van der Waals surface area contributed by atoms with E-state index in [0.29, 0.717) is 6.54 Å². The number of amides is 1. The van der Waals surface area contributed by atoms with Gasteiger partial charge in [0.2, 0.25) is 0 Å². The van der Waals surface area contributed by atoms with Gasteiger partial charge in [0, 0.05) is 49.1 Å². The van der Waals surface area contributed by atoms with Gasteiger partial charge in [0.15, 0.2) is 11.7 Å². The molecule has 6 atom stereocenters. The maximum Gasteiger partial charge on any atom is 0.408 e. The van der Waals surface area contributed by atoms with Crippen LogP contribution in [0.25, 0.3) is 0 Å². The number of nitrogens with zero attached hydrogens (tertiary/aromatic N) is 2. The van der Waals surface area contributed by atoms with Crippen molar-refractivity contribution in [2.24, 2.45) is 5.41 Å². The number of nitrogens with one attached hydrogen (secondary N) is 1. The van der Waals surface area contributed by atoms with Gasteiger partial charge in [-0.05, 0) is 31.0 Å². The third-order valence-electron chi connectivity index (χ3n) is 8.99. The third-order valence-corrected chi connectivity index (χ3v) is 8.99. The molecule has 2 saturated heterocycles. The highest BCUT2D eigenvalue weighted by Crippen LogP contribution is 2.68. The molecular weight excluding hydrogens is 422 g/mol. The van der Waals surface area contributed by atoms with E-state index in [1.807, 2.05) is 6.07 Å². The summed E-state index contributed by atoms with van der Waals surface area (Å²) in [4.78, 5) is 29.9. The van der Waals surface area contributed by atoms with Crippen LogP contribution in [0.5, 0.6) is 5.75 Å². The van der Waals surface area contributed by atoms with Crippen LogP contribution in [0.4, 0.5) is 10.5 Å². The third kappa shape index (κ3) is 2.30. The molecule has 3 fully saturated rings. The number of hydrogen-bond acceptors (Lipinski definition) is 7. The van der Waals surface area contributed by atoms with Gasteiger partial charge in [-0.3, -0.25) is 9.69 Å². The van der Waals surface area contributed by atoms with Crippen LogP contribution in [0.15, 0.2) is 30.4 Å². The molecular formula is C25H31N3O5. The van der Waals surface area contributed by atoms with E-state index in [0.717, 1.165) is 37.4 Å². The Balaban J connectivity index is 1.68. The maximum atomic E-state index is 12.6. The molecule has 2 spiro atoms. The summed E-state index contributed by atoms with van der Waals surface area (Å²) in [5, 5.41) is 2.92. The van der Waals surface area contributed by atoms with Gasteiger partial charge in [0.25, 0.3) is 0 Å². The molecule has 4 heterocycles. The van der Waals surface area contributed by atoms with Gasteiger partial charge in [-0.25, -0.2) is 4.79 Å². The zero-order valence-electron chi connectivity index (χ0n) is 19.6. The van der Waals surface area contributed by atoms with Crippen LogP contribution in [-0.4, -0.2) is 74.5 Å². The molecule has 176 valence electrons. The molecule has 6 rings (SSSR count). The van der Waals surface area contributed by atoms with Crippen molar-refractivity contribution in [2.45, 2.75) is 55.9 Å². The van der Waals surface area contributed by atoms with Gasteiger partial charge in [-0.2, -0.15) is 0 Å². The van der Waals surface area contributed by atoms with E-state index in [-0.39, 0.29) is 23.5 Å². The van der Waals surface area contributed by atoms with Crippen molar-refractivity contribution < 1.29 is 23.8 Å². The predicted octanol–water partition coefficient (Wildman–Crippen LogP) is 2.22. The molecule has 0 radical (unpaired) electrons. The van der Waals surface area contributed by atoms with Crippen LogP contribution in [-0.2, 0) is 19.7 Å². The molecule has 0 bridgehead atoms. The van der Waals surface area contributed by atoms with Crippen LogP contribution in [0, 0.1) is 5.41 Å². The Hall–Kier alpha value is -2.74. The largest absolute Gasteiger partial charge is 0.497 e. The fraction of sp³-hybridized carbons (Fsp3) is 0.600. The van der Waals surface area contributed by atoms with Gasteiger partial charge in [0.05, 0.1) is 19.7 Å². The molecule has 4 aliphatic heterocycles. The van der Waals surface area contributed by atoms with Gasteiger partial charge >= 0.3 is 12.1 Å². The van der Waals surface area contributed by atoms with Gasteiger partial charge < -0.3 is 24.4 Å². The number of fused-ring (bicyclic) bond motifs is 2. The molecule has 1 aliphatic carbocycles. The smallest absolute Gasteiger partial charge is 0.408 e. The van der Waals surface area contributed by atoms with Crippen molar-refractivity contribution in [1.82, 2.24) is 10.2 Å². The number of carbonyl (C=O) groups is 2. The minimum absolute atomic E-state index is 0.122. The van der Waals surface area contributed by atoms with Crippen LogP contribution < -0.4 is 15.0 Å². The van der Waals surface area contributed by atoms with Gasteiger partial charge in [-0.15, -0.1) is 0 Å². The SMILES string of the molecule is CC[C@]12C=CCN3CC[C@@]4(c5ccc(OC)cc5N(C)[C@H]4[C@@]4(CNC(=O)O4)[C@@H]1OC(C)=O)[C@@H]32. The molecule has 5 aliphatic rings. The quantitative estimate of drug-likeness (QED) is 0.555. The molecule has 0 unspecified atom stereocenters. The Labute approximate surface area is 193 Å². The molecule has 8 heteroatoms. The van der Waals surface area contributed by atoms with E-state index < -0.39 is 23.2 Å². The Morgan fingerprint density at radius 2 is 2.15 bits per heavy atom. The summed E-state index contributed by atoms with van der Waals surface area (Å²) in [6.07, 6.45) is 5.10. The van der Waals surface area contributed by atoms with Gasteiger partial charge in [-0.1, -0.05) is 25.1 Å². The monoisotopic (exact) mass is 453 g/mol. The Kier molecular flexibility index (Phi) is 4.20. The highest BCUT2D eigenvalue weighted by Gasteiger charge is 2.80. The Morgan fingerprint density at radius 1 is 1.33 bits per heavy atom. The number of anilines is 1. The standard InChI is InChI=1S/C25H31N3O5/c1-5-23-9-6-11-28-12-10-24(19(23)28)17-8-7-16(31-4)13-18(17)27(3)20(24)25(14-26-22(30)33-25)21(23)32-15(2)29/h6-9,13,19-21H,5,10-12,14H2,1-4H3,(H,26,30)/t19-,20+,21+,23+,24+,25-/m0/s1. The average Bonchev–Trinajstić information content (AvgIpc) is 3.46. The summed E-state index contributed by atoms with van der Waals surface area (Å²) in [6, 6.07) is 6.24. The van der Waals surface area contributed by atoms with Crippen molar-refractivity contribution >= 4 is 17.7 Å². The zero-order chi connectivity index (χ0) is 23.2. The molecule has 0 aromatic heterocycles. The Morgan fingerprint density at radius 3 is 2.82 bits per heavy atom. The maximum absolute atomic E-state index is 12.6. The fourth-order valence-corrected chi connectivity index (χ4v) is 8.18. The molecule has 1 aromatic rings. The van der Waals surface area contributed by atoms with E-state index in [1.165, 1.54) is 12.5 Å². The number of benzene rings is 1. The van der Waals surface area contributed by atoms with Crippen LogP contribution in [0.1, 0.15) is 32.3 Å². The van der Waals surface area contributed by atoms with Crippen LogP contribution in [0.3, 0.4) is 0 Å². The number of carbonyl (C=O) groups excluding carboxylic acids is 2. The second-order valence-corrected chi connectivity index (χ2v) is 10.1. The van der Waals surface area contributed by atoms with Gasteiger partial charge in [0.1, 0.15) is 5.75 Å². The van der Waals surface area contributed by atoms with Crippen molar-refractivity contribution in [2.75, 3.05) is 38.7 Å². The van der Waals surface area contributed by atoms with E-state index >= 15 is 0 Å². The summed E-state index contributed by atoms with van der Waals surface area (Å²) in [7, 11) is 3.74. The van der Waals surface area contributed by atoms with Crippen molar-refractivity contribution in [1.29, 1.82) is 0 Å². The minimum Gasteiger partial charge on any atom is -0.497 e. The van der Waals surface area contributed by atoms with E-state index in [9.17, 15) is 9.59 Å². The lowest BCUT2D eigenvalue weighted by Crippen LogP contribution is -2.80. The van der Waals surface area contributed by atoms with E-state index in [1.54, 1.807) is 7.11 Å². The highest BCUT2D eigenvalue weighted by atomic mass is 16.6. The molecule has 1 saturated carbocycles. The topological polar surface area (TPSA) is 80.3 Å². The lowest BCUT2D eigenvalue weighted by Gasteiger charge is -2.64. The minimum atomic E-state index is -1.02. The predicted molar refractivity (Wildman–Crippen MR) is 121 cm³/mol. The lowest BCUT2D eigenvalue weighted by atomic mass is 9.48. The summed E-state index contributed by atoms with van der Waals surface area (Å²) in [6.45, 7) is 5.71. The van der Waals surface area contributed by atoms with E-state index in [2.05, 4.69) is 53.4 Å². The highest BCUT2D eigenvalue weighted by molar-refractivity contribution is 5.76. The number of alkyl carbamates (subject to hydrolysis) is 1. The lowest BCUT2D eigenvalue weighted by molar-refractivity contribution is -0.207. The normalized spacial score (nSPS) is 40.2. The summed E-state index contributed by atoms with van der Waals surface area (Å²) < 4.78 is 18.0. The molecule has 1 aromatic carbocycles. The number of hydrogen-bond donors (Lipinski definition) is 1. The molecule has 33 heavy (non-hydrogen) atoms. The summed E-state index contributed by atoms with van der Waals surface area (Å²) in [5.41, 5.74) is 0.575. The molecule has 1 N–H and O–H groups in total. The number of ether oxygens (including phenoxy) is 3. The average molecular weight is 454 g/mol. The van der Waals surface area contributed by atoms with Crippen molar-refractivity contribution in [3.05, 3.63) is 35.9 Å². The number of esters is 1. The summed E-state index contributed by atoms with van der Waals surface area (Å²) >= 11 is 0. The Bertz CT molecular complexity index is 1070. The number of rotatable bonds is 3. The zero-order valence-corrected chi connectivity index (χ0v) is 19.6. The first-order chi connectivity index (χ1) is 15.8. The van der Waals surface area contributed by atoms with Crippen LogP contribution in [0.2, 0.25) is 0 Å². The summed E-state index contributed by atoms with van der Waals surface area (Å²) in [5.74, 6) is 0.439. The first-order valence-corrected chi connectivity index (χ1v) is 11.8. The fourth-order valence-electron chi connectivity index (χ4n) is 8.18. The number of likely N-dealkylation sites (N-methyl/N-ethyl adjacent to an activating group) is 1. The molecule has 1 amide bonds. The first-order valence-electron chi connectivity index (χ1n) is 11.8. The number of methoxy groups -OCH3 is 1. The second-order valence-electron chi connectivity index (χ2n) is 10.1. The second kappa shape index (κ2) is 6.65. The first kappa shape index (κ1) is 20.8. The molecule has 8 nitrogen and oxygen atoms in total. The van der Waals surface area contributed by atoms with Crippen LogP contribution >= 0.6 is 0 Å². The van der Waals surface area contributed by atoms with Crippen molar-refractivity contribution in [3.63, 3.8) is 0 Å². The van der Waals surface area contributed by atoms with Crippen molar-refractivity contribution in [3.8, 4) is 5.75 Å². The van der Waals surface area contributed by atoms with E-state index in [4.69, 9.17) is 14.2 Å².